The highest BCUT2D eigenvalue weighted by Gasteiger charge is 2.02. The van der Waals surface area contributed by atoms with Crippen molar-refractivity contribution in [3.63, 3.8) is 0 Å². The molecule has 0 aromatic carbocycles. The van der Waals surface area contributed by atoms with E-state index in [1.807, 2.05) is 18.7 Å². The lowest BCUT2D eigenvalue weighted by Crippen LogP contribution is -2.03. The quantitative estimate of drug-likeness (QED) is 0.604. The molecule has 0 saturated carbocycles. The predicted octanol–water partition coefficient (Wildman–Crippen LogP) is -0.0795. The van der Waals surface area contributed by atoms with Gasteiger partial charge in [-0.1, -0.05) is 0 Å². The van der Waals surface area contributed by atoms with E-state index >= 15 is 0 Å². The van der Waals surface area contributed by atoms with Crippen LogP contribution in [0.1, 0.15) is 5.69 Å². The lowest BCUT2D eigenvalue weighted by molar-refractivity contribution is 0.916. The monoisotopic (exact) mass is 140 g/mol. The van der Waals surface area contributed by atoms with Crippen molar-refractivity contribution in [1.82, 2.24) is 9.55 Å². The number of nitrogens with one attached hydrogen (secondary N) is 1. The van der Waals surface area contributed by atoms with E-state index in [0.29, 0.717) is 6.54 Å². The maximum atomic E-state index is 5.42. The van der Waals surface area contributed by atoms with Gasteiger partial charge in [0.1, 0.15) is 5.82 Å². The number of aromatic nitrogens is 2. The molecule has 0 radical (unpaired) electrons. The molecule has 56 valence electrons. The smallest absolute Gasteiger partial charge is 0.130 e. The van der Waals surface area contributed by atoms with Crippen LogP contribution in [0.25, 0.3) is 0 Å². The Hall–Kier alpha value is -1.03. The third-order valence-electron chi connectivity index (χ3n) is 1.44. The Morgan fingerprint density at radius 3 is 2.90 bits per heavy atom. The number of anilines is 1. The summed E-state index contributed by atoms with van der Waals surface area (Å²) in [5, 5.41) is 3.02. The van der Waals surface area contributed by atoms with Crippen molar-refractivity contribution in [2.24, 2.45) is 12.8 Å². The normalized spacial score (nSPS) is 9.90. The second-order valence-corrected chi connectivity index (χ2v) is 2.10. The van der Waals surface area contributed by atoms with Gasteiger partial charge in [-0.25, -0.2) is 4.98 Å². The van der Waals surface area contributed by atoms with Crippen LogP contribution in [0.3, 0.4) is 0 Å². The molecule has 3 N–H and O–H groups in total. The Balaban J connectivity index is 3.01. The van der Waals surface area contributed by atoms with Gasteiger partial charge in [0.25, 0.3) is 0 Å². The third kappa shape index (κ3) is 0.974. The summed E-state index contributed by atoms with van der Waals surface area (Å²) in [6.45, 7) is 0.483. The van der Waals surface area contributed by atoms with Crippen LogP contribution in [0.15, 0.2) is 6.33 Å². The molecule has 0 fully saturated rings. The number of rotatable bonds is 2. The zero-order valence-electron chi connectivity index (χ0n) is 6.26. The Morgan fingerprint density at radius 2 is 2.50 bits per heavy atom. The van der Waals surface area contributed by atoms with Crippen molar-refractivity contribution in [1.29, 1.82) is 0 Å². The second kappa shape index (κ2) is 2.70. The maximum absolute atomic E-state index is 5.42. The molecule has 10 heavy (non-hydrogen) atoms. The van der Waals surface area contributed by atoms with Crippen LogP contribution in [0.4, 0.5) is 5.82 Å². The van der Waals surface area contributed by atoms with Gasteiger partial charge < -0.3 is 15.6 Å². The summed E-state index contributed by atoms with van der Waals surface area (Å²) in [6.07, 6.45) is 1.74. The van der Waals surface area contributed by atoms with Crippen LogP contribution in [-0.2, 0) is 13.6 Å². The number of aryl methyl sites for hydroxylation is 1. The fourth-order valence-corrected chi connectivity index (χ4v) is 0.949. The molecule has 4 nitrogen and oxygen atoms in total. The van der Waals surface area contributed by atoms with Gasteiger partial charge in [0.2, 0.25) is 0 Å². The highest BCUT2D eigenvalue weighted by Crippen LogP contribution is 2.09. The van der Waals surface area contributed by atoms with E-state index in [2.05, 4.69) is 10.3 Å². The van der Waals surface area contributed by atoms with Crippen molar-refractivity contribution in [3.05, 3.63) is 12.0 Å². The van der Waals surface area contributed by atoms with Crippen molar-refractivity contribution < 1.29 is 0 Å². The fourth-order valence-electron chi connectivity index (χ4n) is 0.949. The summed E-state index contributed by atoms with van der Waals surface area (Å²) >= 11 is 0. The van der Waals surface area contributed by atoms with E-state index in [4.69, 9.17) is 5.73 Å². The molecule has 0 spiro atoms. The van der Waals surface area contributed by atoms with Crippen LogP contribution in [-0.4, -0.2) is 16.6 Å². The summed E-state index contributed by atoms with van der Waals surface area (Å²) in [4.78, 5) is 4.08. The highest BCUT2D eigenvalue weighted by atomic mass is 15.1. The lowest BCUT2D eigenvalue weighted by atomic mass is 10.4. The minimum atomic E-state index is 0.483. The molecule has 1 rings (SSSR count). The molecule has 0 aliphatic rings. The molecule has 0 unspecified atom stereocenters. The summed E-state index contributed by atoms with van der Waals surface area (Å²) in [5.74, 6) is 0.988. The van der Waals surface area contributed by atoms with Crippen LogP contribution < -0.4 is 11.1 Å². The zero-order chi connectivity index (χ0) is 7.56. The number of hydrogen-bond donors (Lipinski definition) is 2. The summed E-state index contributed by atoms with van der Waals surface area (Å²) in [5.41, 5.74) is 6.33. The first kappa shape index (κ1) is 7.08. The van der Waals surface area contributed by atoms with Crippen molar-refractivity contribution >= 4 is 5.82 Å². The van der Waals surface area contributed by atoms with E-state index in [9.17, 15) is 0 Å². The SMILES string of the molecule is CNc1c(CN)ncn1C. The van der Waals surface area contributed by atoms with Crippen molar-refractivity contribution in [2.45, 2.75) is 6.54 Å². The average molecular weight is 140 g/mol. The first-order chi connectivity index (χ1) is 4.79. The topological polar surface area (TPSA) is 55.9 Å². The summed E-state index contributed by atoms with van der Waals surface area (Å²) in [7, 11) is 3.79. The minimum absolute atomic E-state index is 0.483. The Morgan fingerprint density at radius 1 is 1.80 bits per heavy atom. The van der Waals surface area contributed by atoms with Crippen molar-refractivity contribution in [2.75, 3.05) is 12.4 Å². The van der Waals surface area contributed by atoms with E-state index in [1.54, 1.807) is 6.33 Å². The Bertz CT molecular complexity index is 216. The molecular formula is C6H12N4. The molecule has 1 aromatic heterocycles. The van der Waals surface area contributed by atoms with Crippen LogP contribution in [0.5, 0.6) is 0 Å². The number of hydrogen-bond acceptors (Lipinski definition) is 3. The van der Waals surface area contributed by atoms with Crippen molar-refractivity contribution in [3.8, 4) is 0 Å². The predicted molar refractivity (Wildman–Crippen MR) is 40.6 cm³/mol. The molecule has 0 aliphatic heterocycles. The Labute approximate surface area is 60.1 Å². The van der Waals surface area contributed by atoms with Gasteiger partial charge in [0, 0.05) is 20.6 Å². The van der Waals surface area contributed by atoms with Gasteiger partial charge in [0.15, 0.2) is 0 Å². The second-order valence-electron chi connectivity index (χ2n) is 2.10. The molecule has 0 bridgehead atoms. The minimum Gasteiger partial charge on any atom is -0.373 e. The number of nitrogens with zero attached hydrogens (tertiary/aromatic N) is 2. The fraction of sp³-hybridized carbons (Fsp3) is 0.500. The highest BCUT2D eigenvalue weighted by molar-refractivity contribution is 5.40. The van der Waals surface area contributed by atoms with Gasteiger partial charge >= 0.3 is 0 Å². The van der Waals surface area contributed by atoms with Gasteiger partial charge in [-0.3, -0.25) is 0 Å². The molecule has 0 amide bonds. The van der Waals surface area contributed by atoms with E-state index in [-0.39, 0.29) is 0 Å². The number of imidazole rings is 1. The van der Waals surface area contributed by atoms with Crippen LogP contribution in [0.2, 0.25) is 0 Å². The number of nitrogens with two attached hydrogens (primary N) is 1. The summed E-state index contributed by atoms with van der Waals surface area (Å²) < 4.78 is 1.90. The average Bonchev–Trinajstić information content (AvgIpc) is 2.30. The van der Waals surface area contributed by atoms with Gasteiger partial charge in [-0.15, -0.1) is 0 Å². The molecule has 0 aliphatic carbocycles. The Kier molecular flexibility index (Phi) is 1.91. The molecule has 0 saturated heterocycles. The molecule has 1 aromatic rings. The largest absolute Gasteiger partial charge is 0.373 e. The van der Waals surface area contributed by atoms with Gasteiger partial charge in [-0.2, -0.15) is 0 Å². The molecular weight excluding hydrogens is 128 g/mol. The molecule has 0 atom stereocenters. The standard InChI is InChI=1S/C6H12N4/c1-8-6-5(3-7)9-4-10(6)2/h4,8H,3,7H2,1-2H3. The molecule has 4 heteroatoms. The maximum Gasteiger partial charge on any atom is 0.130 e. The van der Waals surface area contributed by atoms with Crippen LogP contribution >= 0.6 is 0 Å². The first-order valence-electron chi connectivity index (χ1n) is 3.17. The van der Waals surface area contributed by atoms with Gasteiger partial charge in [0.05, 0.1) is 12.0 Å². The summed E-state index contributed by atoms with van der Waals surface area (Å²) in [6, 6.07) is 0. The molecule has 1 heterocycles. The lowest BCUT2D eigenvalue weighted by Gasteiger charge is -2.01. The van der Waals surface area contributed by atoms with E-state index < -0.39 is 0 Å². The third-order valence-corrected chi connectivity index (χ3v) is 1.44. The van der Waals surface area contributed by atoms with Gasteiger partial charge in [-0.05, 0) is 0 Å². The first-order valence-corrected chi connectivity index (χ1v) is 3.17. The zero-order valence-corrected chi connectivity index (χ0v) is 6.26. The van der Waals surface area contributed by atoms with Crippen LogP contribution in [0, 0.1) is 0 Å². The van der Waals surface area contributed by atoms with E-state index in [1.165, 1.54) is 0 Å². The van der Waals surface area contributed by atoms with E-state index in [0.717, 1.165) is 11.5 Å².